The van der Waals surface area contributed by atoms with E-state index in [2.05, 4.69) is 48.4 Å². The minimum absolute atomic E-state index is 0.356. The van der Waals surface area contributed by atoms with E-state index in [1.165, 1.54) is 25.7 Å². The van der Waals surface area contributed by atoms with Crippen molar-refractivity contribution in [3.05, 3.63) is 12.2 Å². The van der Waals surface area contributed by atoms with Crippen LogP contribution in [0.3, 0.4) is 0 Å². The summed E-state index contributed by atoms with van der Waals surface area (Å²) >= 11 is 0. The Morgan fingerprint density at radius 2 is 2.12 bits per heavy atom. The molecular weight excluding hydrogens is 198 g/mol. The van der Waals surface area contributed by atoms with Gasteiger partial charge in [-0.1, -0.05) is 18.9 Å². The highest BCUT2D eigenvalue weighted by molar-refractivity contribution is 5.95. The molecule has 0 radical (unpaired) electrons. The van der Waals surface area contributed by atoms with Crippen LogP contribution in [0.15, 0.2) is 17.1 Å². The van der Waals surface area contributed by atoms with E-state index in [9.17, 15) is 0 Å². The van der Waals surface area contributed by atoms with Crippen molar-refractivity contribution in [1.82, 2.24) is 10.2 Å². The van der Waals surface area contributed by atoms with Gasteiger partial charge in [0.2, 0.25) is 0 Å². The minimum Gasteiger partial charge on any atom is -0.355 e. The molecule has 1 fully saturated rings. The van der Waals surface area contributed by atoms with Crippen molar-refractivity contribution in [1.29, 1.82) is 0 Å². The van der Waals surface area contributed by atoms with Crippen LogP contribution in [0, 0.1) is 0 Å². The van der Waals surface area contributed by atoms with Gasteiger partial charge in [0.15, 0.2) is 0 Å². The summed E-state index contributed by atoms with van der Waals surface area (Å²) in [5.41, 5.74) is 0. The maximum Gasteiger partial charge on any atom is 0.123 e. The minimum atomic E-state index is 0.356. The van der Waals surface area contributed by atoms with Crippen LogP contribution in [-0.2, 0) is 0 Å². The van der Waals surface area contributed by atoms with Gasteiger partial charge in [0.1, 0.15) is 5.84 Å². The molecule has 1 saturated carbocycles. The fraction of sp³-hybridized carbons (Fsp3) is 0.769. The van der Waals surface area contributed by atoms with Crippen molar-refractivity contribution in [2.75, 3.05) is 14.1 Å². The van der Waals surface area contributed by atoms with Crippen LogP contribution in [0.4, 0.5) is 0 Å². The summed E-state index contributed by atoms with van der Waals surface area (Å²) in [4.78, 5) is 7.00. The lowest BCUT2D eigenvalue weighted by Crippen LogP contribution is -2.50. The Bertz CT molecular complexity index is 296. The normalized spacial score (nSPS) is 33.9. The first-order chi connectivity index (χ1) is 7.72. The van der Waals surface area contributed by atoms with Crippen LogP contribution in [0.2, 0.25) is 0 Å². The summed E-state index contributed by atoms with van der Waals surface area (Å²) in [5, 5.41) is 3.45. The number of aliphatic imine (C=N–C) groups is 1. The SMILES string of the molecule is CNC1CCCCC1N(C)C1=NC(C)C=C1. The predicted molar refractivity (Wildman–Crippen MR) is 68.9 cm³/mol. The lowest BCUT2D eigenvalue weighted by atomic mass is 9.89. The number of amidine groups is 1. The molecule has 16 heavy (non-hydrogen) atoms. The van der Waals surface area contributed by atoms with Crippen molar-refractivity contribution < 1.29 is 0 Å². The van der Waals surface area contributed by atoms with Gasteiger partial charge in [0.25, 0.3) is 0 Å². The Hall–Kier alpha value is -0.830. The molecule has 2 rings (SSSR count). The van der Waals surface area contributed by atoms with E-state index in [4.69, 9.17) is 0 Å². The van der Waals surface area contributed by atoms with Gasteiger partial charge in [-0.15, -0.1) is 0 Å². The van der Waals surface area contributed by atoms with Crippen molar-refractivity contribution in [2.45, 2.75) is 50.7 Å². The number of rotatable bonds is 2. The molecule has 1 aliphatic heterocycles. The standard InChI is InChI=1S/C13H23N3/c1-10-8-9-13(15-10)16(3)12-7-5-4-6-11(12)14-2/h8-12,14H,4-7H2,1-3H3. The van der Waals surface area contributed by atoms with Crippen LogP contribution < -0.4 is 5.32 Å². The van der Waals surface area contributed by atoms with Gasteiger partial charge >= 0.3 is 0 Å². The zero-order valence-corrected chi connectivity index (χ0v) is 10.6. The summed E-state index contributed by atoms with van der Waals surface area (Å²) in [6.07, 6.45) is 9.60. The molecule has 0 aromatic rings. The van der Waals surface area contributed by atoms with Crippen LogP contribution in [0.1, 0.15) is 32.6 Å². The molecule has 0 amide bonds. The van der Waals surface area contributed by atoms with Crippen LogP contribution in [0.25, 0.3) is 0 Å². The molecule has 0 aromatic heterocycles. The lowest BCUT2D eigenvalue weighted by Gasteiger charge is -2.38. The molecule has 3 atom stereocenters. The quantitative estimate of drug-likeness (QED) is 0.770. The van der Waals surface area contributed by atoms with E-state index in [-0.39, 0.29) is 0 Å². The third-order valence-electron chi connectivity index (χ3n) is 3.82. The first kappa shape index (κ1) is 11.6. The predicted octanol–water partition coefficient (Wildman–Crippen LogP) is 1.81. The summed E-state index contributed by atoms with van der Waals surface area (Å²) in [6, 6.07) is 1.58. The lowest BCUT2D eigenvalue weighted by molar-refractivity contribution is 0.222. The molecule has 3 nitrogen and oxygen atoms in total. The first-order valence-corrected chi connectivity index (χ1v) is 6.38. The molecule has 0 saturated heterocycles. The molecule has 0 bridgehead atoms. The van der Waals surface area contributed by atoms with Gasteiger partial charge in [-0.2, -0.15) is 0 Å². The fourth-order valence-electron chi connectivity index (χ4n) is 2.81. The van der Waals surface area contributed by atoms with Crippen LogP contribution in [-0.4, -0.2) is 43.0 Å². The van der Waals surface area contributed by atoms with E-state index in [1.54, 1.807) is 0 Å². The maximum absolute atomic E-state index is 4.64. The largest absolute Gasteiger partial charge is 0.355 e. The molecule has 0 spiro atoms. The highest BCUT2D eigenvalue weighted by atomic mass is 15.2. The second-order valence-electron chi connectivity index (χ2n) is 4.94. The summed E-state index contributed by atoms with van der Waals surface area (Å²) in [7, 11) is 4.26. The van der Waals surface area contributed by atoms with Gasteiger partial charge in [0.05, 0.1) is 6.04 Å². The number of nitrogens with zero attached hydrogens (tertiary/aromatic N) is 2. The van der Waals surface area contributed by atoms with Crippen molar-refractivity contribution in [2.24, 2.45) is 4.99 Å². The topological polar surface area (TPSA) is 27.6 Å². The zero-order valence-electron chi connectivity index (χ0n) is 10.6. The Kier molecular flexibility index (Phi) is 3.64. The smallest absolute Gasteiger partial charge is 0.123 e. The van der Waals surface area contributed by atoms with E-state index < -0.39 is 0 Å². The van der Waals surface area contributed by atoms with Crippen molar-refractivity contribution in [3.63, 3.8) is 0 Å². The number of likely N-dealkylation sites (N-methyl/N-ethyl adjacent to an activating group) is 2. The number of nitrogens with one attached hydrogen (secondary N) is 1. The van der Waals surface area contributed by atoms with Crippen LogP contribution >= 0.6 is 0 Å². The Balaban J connectivity index is 2.05. The number of hydrogen-bond acceptors (Lipinski definition) is 3. The molecule has 2 aliphatic rings. The average Bonchev–Trinajstić information content (AvgIpc) is 2.75. The first-order valence-electron chi connectivity index (χ1n) is 6.38. The van der Waals surface area contributed by atoms with Crippen LogP contribution in [0.5, 0.6) is 0 Å². The summed E-state index contributed by atoms with van der Waals surface area (Å²) < 4.78 is 0. The highest BCUT2D eigenvalue weighted by Gasteiger charge is 2.28. The van der Waals surface area contributed by atoms with Gasteiger partial charge < -0.3 is 10.2 Å². The highest BCUT2D eigenvalue weighted by Crippen LogP contribution is 2.23. The molecule has 90 valence electrons. The summed E-state index contributed by atoms with van der Waals surface area (Å²) in [6.45, 7) is 2.13. The molecule has 3 unspecified atom stereocenters. The molecular formula is C13H23N3. The third-order valence-corrected chi connectivity index (χ3v) is 3.82. The van der Waals surface area contributed by atoms with E-state index >= 15 is 0 Å². The van der Waals surface area contributed by atoms with E-state index in [0.717, 1.165) is 5.84 Å². The van der Waals surface area contributed by atoms with E-state index in [1.807, 2.05) is 0 Å². The van der Waals surface area contributed by atoms with Crippen molar-refractivity contribution >= 4 is 5.84 Å². The third kappa shape index (κ3) is 2.29. The number of hydrogen-bond donors (Lipinski definition) is 1. The summed E-state index contributed by atoms with van der Waals surface area (Å²) in [5.74, 6) is 1.15. The Morgan fingerprint density at radius 3 is 2.75 bits per heavy atom. The second-order valence-corrected chi connectivity index (χ2v) is 4.94. The van der Waals surface area contributed by atoms with Crippen molar-refractivity contribution in [3.8, 4) is 0 Å². The Labute approximate surface area is 98.6 Å². The second kappa shape index (κ2) is 5.00. The Morgan fingerprint density at radius 1 is 1.38 bits per heavy atom. The molecule has 1 aliphatic carbocycles. The molecule has 1 N–H and O–H groups in total. The zero-order chi connectivity index (χ0) is 11.5. The maximum atomic E-state index is 4.64. The van der Waals surface area contributed by atoms with Gasteiger partial charge in [-0.05, 0) is 32.9 Å². The average molecular weight is 221 g/mol. The van der Waals surface area contributed by atoms with Gasteiger partial charge in [-0.3, -0.25) is 4.99 Å². The fourth-order valence-corrected chi connectivity index (χ4v) is 2.81. The molecule has 0 aromatic carbocycles. The van der Waals surface area contributed by atoms with Gasteiger partial charge in [-0.25, -0.2) is 0 Å². The van der Waals surface area contributed by atoms with E-state index in [0.29, 0.717) is 18.1 Å². The molecule has 1 heterocycles. The monoisotopic (exact) mass is 221 g/mol. The molecule has 3 heteroatoms. The van der Waals surface area contributed by atoms with Gasteiger partial charge in [0, 0.05) is 19.1 Å².